The van der Waals surface area contributed by atoms with Gasteiger partial charge in [0.05, 0.1) is 17.8 Å². The van der Waals surface area contributed by atoms with Gasteiger partial charge < -0.3 is 10.4 Å². The van der Waals surface area contributed by atoms with Crippen LogP contribution < -0.4 is 5.32 Å². The van der Waals surface area contributed by atoms with E-state index in [4.69, 9.17) is 4.98 Å². The van der Waals surface area contributed by atoms with Crippen molar-refractivity contribution in [1.29, 1.82) is 0 Å². The molecule has 0 saturated heterocycles. The molecular formula is C18H24N2OS. The molecule has 22 heavy (non-hydrogen) atoms. The second-order valence-electron chi connectivity index (χ2n) is 6.19. The monoisotopic (exact) mass is 316 g/mol. The third-order valence-electron chi connectivity index (χ3n) is 4.31. The topological polar surface area (TPSA) is 45.1 Å². The molecule has 2 N–H and O–H groups in total. The molecule has 2 aromatic rings. The fraction of sp³-hybridized carbons (Fsp3) is 0.500. The number of nitrogens with zero attached hydrogens (tertiary/aromatic N) is 1. The lowest BCUT2D eigenvalue weighted by Gasteiger charge is -2.16. The maximum absolute atomic E-state index is 10.3. The van der Waals surface area contributed by atoms with E-state index in [0.29, 0.717) is 6.54 Å². The van der Waals surface area contributed by atoms with Gasteiger partial charge in [-0.2, -0.15) is 0 Å². The lowest BCUT2D eigenvalue weighted by molar-refractivity contribution is 0.171. The summed E-state index contributed by atoms with van der Waals surface area (Å²) in [6, 6.07) is 8.26. The maximum Gasteiger partial charge on any atom is 0.110 e. The van der Waals surface area contributed by atoms with Gasteiger partial charge in [0.25, 0.3) is 0 Å². The van der Waals surface area contributed by atoms with E-state index in [9.17, 15) is 5.11 Å². The Labute approximate surface area is 136 Å². The lowest BCUT2D eigenvalue weighted by Crippen LogP contribution is -2.24. The highest BCUT2D eigenvalue weighted by Crippen LogP contribution is 2.29. The zero-order valence-corrected chi connectivity index (χ0v) is 14.1. The normalized spacial score (nSPS) is 17.0. The molecule has 0 bridgehead atoms. The number of nitrogens with one attached hydrogen (secondary N) is 1. The Morgan fingerprint density at radius 3 is 2.68 bits per heavy atom. The second-order valence-corrected chi connectivity index (χ2v) is 7.30. The molecule has 1 aliphatic rings. The molecule has 0 spiro atoms. The number of hydrogen-bond donors (Lipinski definition) is 2. The van der Waals surface area contributed by atoms with Crippen LogP contribution in [0.1, 0.15) is 58.6 Å². The molecule has 0 radical (unpaired) electrons. The molecule has 2 unspecified atom stereocenters. The fourth-order valence-corrected chi connectivity index (χ4v) is 4.02. The number of hydrogen-bond acceptors (Lipinski definition) is 4. The molecular weight excluding hydrogens is 292 g/mol. The van der Waals surface area contributed by atoms with Crippen molar-refractivity contribution in [1.82, 2.24) is 10.3 Å². The van der Waals surface area contributed by atoms with Gasteiger partial charge >= 0.3 is 0 Å². The van der Waals surface area contributed by atoms with Crippen molar-refractivity contribution < 1.29 is 5.11 Å². The molecule has 0 amide bonds. The molecule has 1 heterocycles. The van der Waals surface area contributed by atoms with Gasteiger partial charge in [0, 0.05) is 11.4 Å². The second kappa shape index (κ2) is 6.90. The Morgan fingerprint density at radius 1 is 1.23 bits per heavy atom. The van der Waals surface area contributed by atoms with Crippen LogP contribution in [0.25, 0.3) is 0 Å². The number of aliphatic hydroxyl groups is 1. The van der Waals surface area contributed by atoms with Crippen molar-refractivity contribution in [2.45, 2.75) is 51.7 Å². The van der Waals surface area contributed by atoms with Crippen LogP contribution in [0.3, 0.4) is 0 Å². The van der Waals surface area contributed by atoms with Crippen LogP contribution in [-0.2, 0) is 12.8 Å². The van der Waals surface area contributed by atoms with E-state index in [1.165, 1.54) is 35.4 Å². The van der Waals surface area contributed by atoms with Gasteiger partial charge in [-0.1, -0.05) is 29.8 Å². The number of aromatic nitrogens is 1. The van der Waals surface area contributed by atoms with Crippen LogP contribution in [-0.4, -0.2) is 16.6 Å². The highest BCUT2D eigenvalue weighted by atomic mass is 32.1. The number of benzene rings is 1. The number of aliphatic hydroxyl groups excluding tert-OH is 1. The number of fused-ring (bicyclic) bond motifs is 1. The smallest absolute Gasteiger partial charge is 0.110 e. The van der Waals surface area contributed by atoms with Crippen molar-refractivity contribution in [2.24, 2.45) is 0 Å². The summed E-state index contributed by atoms with van der Waals surface area (Å²) in [6.45, 7) is 4.74. The highest BCUT2D eigenvalue weighted by Gasteiger charge is 2.19. The molecule has 1 aromatic carbocycles. The van der Waals surface area contributed by atoms with E-state index in [2.05, 4.69) is 19.2 Å². The summed E-state index contributed by atoms with van der Waals surface area (Å²) in [5.41, 5.74) is 3.48. The summed E-state index contributed by atoms with van der Waals surface area (Å²) < 4.78 is 0. The third-order valence-corrected chi connectivity index (χ3v) is 5.65. The van der Waals surface area contributed by atoms with E-state index in [1.807, 2.05) is 35.6 Å². The lowest BCUT2D eigenvalue weighted by atomic mass is 10.0. The van der Waals surface area contributed by atoms with Crippen molar-refractivity contribution in [2.75, 3.05) is 6.54 Å². The van der Waals surface area contributed by atoms with Crippen molar-refractivity contribution in [3.63, 3.8) is 0 Å². The average Bonchev–Trinajstić information content (AvgIpc) is 2.97. The van der Waals surface area contributed by atoms with Crippen LogP contribution in [0, 0.1) is 6.92 Å². The molecule has 2 atom stereocenters. The first-order valence-corrected chi connectivity index (χ1v) is 8.91. The zero-order chi connectivity index (χ0) is 15.5. The van der Waals surface area contributed by atoms with Crippen LogP contribution in [0.2, 0.25) is 0 Å². The van der Waals surface area contributed by atoms with Crippen LogP contribution in [0.15, 0.2) is 24.3 Å². The fourth-order valence-electron chi connectivity index (χ4n) is 2.84. The van der Waals surface area contributed by atoms with Gasteiger partial charge in [-0.05, 0) is 45.1 Å². The molecule has 0 fully saturated rings. The van der Waals surface area contributed by atoms with E-state index in [0.717, 1.165) is 17.0 Å². The van der Waals surface area contributed by atoms with Gasteiger partial charge in [-0.25, -0.2) is 4.98 Å². The zero-order valence-electron chi connectivity index (χ0n) is 13.3. The van der Waals surface area contributed by atoms with Crippen molar-refractivity contribution >= 4 is 11.3 Å². The van der Waals surface area contributed by atoms with Gasteiger partial charge in [0.1, 0.15) is 5.01 Å². The minimum absolute atomic E-state index is 0.190. The number of rotatable bonds is 5. The predicted molar refractivity (Wildman–Crippen MR) is 91.3 cm³/mol. The summed E-state index contributed by atoms with van der Waals surface area (Å²) in [4.78, 5) is 6.25. The Balaban J connectivity index is 1.58. The summed E-state index contributed by atoms with van der Waals surface area (Å²) >= 11 is 1.84. The summed E-state index contributed by atoms with van der Waals surface area (Å²) in [5, 5.41) is 14.9. The van der Waals surface area contributed by atoms with Crippen LogP contribution in [0.4, 0.5) is 0 Å². The molecule has 3 rings (SSSR count). The van der Waals surface area contributed by atoms with Crippen LogP contribution in [0.5, 0.6) is 0 Å². The van der Waals surface area contributed by atoms with Crippen molar-refractivity contribution in [3.05, 3.63) is 51.0 Å². The number of aryl methyl sites for hydroxylation is 3. The molecule has 118 valence electrons. The minimum atomic E-state index is -0.474. The quantitative estimate of drug-likeness (QED) is 0.884. The van der Waals surface area contributed by atoms with E-state index >= 15 is 0 Å². The van der Waals surface area contributed by atoms with Gasteiger partial charge in [0.2, 0.25) is 0 Å². The Hall–Kier alpha value is -1.23. The Morgan fingerprint density at radius 2 is 1.95 bits per heavy atom. The van der Waals surface area contributed by atoms with Crippen molar-refractivity contribution in [3.8, 4) is 0 Å². The summed E-state index contributed by atoms with van der Waals surface area (Å²) in [6.07, 6.45) is 4.40. The first-order valence-electron chi connectivity index (χ1n) is 8.10. The summed E-state index contributed by atoms with van der Waals surface area (Å²) in [7, 11) is 0. The van der Waals surface area contributed by atoms with Gasteiger partial charge in [-0.3, -0.25) is 0 Å². The van der Waals surface area contributed by atoms with E-state index in [-0.39, 0.29) is 6.04 Å². The minimum Gasteiger partial charge on any atom is -0.387 e. The Kier molecular flexibility index (Phi) is 4.91. The van der Waals surface area contributed by atoms with Crippen LogP contribution >= 0.6 is 11.3 Å². The average molecular weight is 316 g/mol. The SMILES string of the molecule is Cc1ccc(C(O)CNC(C)c2nc3c(s2)CCCC3)cc1. The molecule has 1 aromatic heterocycles. The first kappa shape index (κ1) is 15.7. The number of thiazole rings is 1. The predicted octanol–water partition coefficient (Wildman–Crippen LogP) is 3.71. The summed E-state index contributed by atoms with van der Waals surface area (Å²) in [5.74, 6) is 0. The van der Waals surface area contributed by atoms with E-state index in [1.54, 1.807) is 0 Å². The largest absolute Gasteiger partial charge is 0.387 e. The standard InChI is InChI=1S/C18H24N2OS/c1-12-7-9-14(10-8-12)16(21)11-19-13(2)18-20-15-5-3-4-6-17(15)22-18/h7-10,13,16,19,21H,3-6,11H2,1-2H3. The molecule has 0 aliphatic heterocycles. The van der Waals surface area contributed by atoms with Gasteiger partial charge in [-0.15, -0.1) is 11.3 Å². The third kappa shape index (κ3) is 3.57. The molecule has 3 nitrogen and oxygen atoms in total. The first-order chi connectivity index (χ1) is 10.6. The molecule has 1 aliphatic carbocycles. The Bertz CT molecular complexity index is 597. The highest BCUT2D eigenvalue weighted by molar-refractivity contribution is 7.11. The maximum atomic E-state index is 10.3. The van der Waals surface area contributed by atoms with E-state index < -0.39 is 6.10 Å². The van der Waals surface area contributed by atoms with Gasteiger partial charge in [0.15, 0.2) is 0 Å². The molecule has 4 heteroatoms. The molecule has 0 saturated carbocycles.